The van der Waals surface area contributed by atoms with Crippen molar-refractivity contribution >= 4 is 27.5 Å². The highest BCUT2D eigenvalue weighted by atomic mass is 79.9. The lowest BCUT2D eigenvalue weighted by atomic mass is 10.1. The molecule has 4 heteroatoms. The minimum absolute atomic E-state index is 0.00174. The van der Waals surface area contributed by atoms with E-state index < -0.39 is 0 Å². The van der Waals surface area contributed by atoms with Gasteiger partial charge >= 0.3 is 0 Å². The van der Waals surface area contributed by atoms with Gasteiger partial charge in [-0.25, -0.2) is 0 Å². The molecule has 2 rings (SSSR count). The Morgan fingerprint density at radius 3 is 2.53 bits per heavy atom. The summed E-state index contributed by atoms with van der Waals surface area (Å²) < 4.78 is 0.902. The summed E-state index contributed by atoms with van der Waals surface area (Å²) in [6, 6.07) is 14.9. The van der Waals surface area contributed by atoms with Gasteiger partial charge in [0, 0.05) is 29.3 Å². The molecular formula is C15H15BrN2O. The normalized spacial score (nSPS) is 10.2. The average Bonchev–Trinajstić information content (AvgIpc) is 2.40. The summed E-state index contributed by atoms with van der Waals surface area (Å²) in [5, 5.41) is 0. The number of benzene rings is 2. The van der Waals surface area contributed by atoms with Crippen molar-refractivity contribution in [1.82, 2.24) is 4.90 Å². The lowest BCUT2D eigenvalue weighted by Crippen LogP contribution is -2.26. The molecule has 0 fully saturated rings. The largest absolute Gasteiger partial charge is 0.399 e. The van der Waals surface area contributed by atoms with Crippen LogP contribution in [0.3, 0.4) is 0 Å². The maximum atomic E-state index is 12.2. The fourth-order valence-corrected chi connectivity index (χ4v) is 2.21. The van der Waals surface area contributed by atoms with Gasteiger partial charge < -0.3 is 10.6 Å². The van der Waals surface area contributed by atoms with Crippen molar-refractivity contribution in [3.05, 3.63) is 64.1 Å². The van der Waals surface area contributed by atoms with Crippen LogP contribution in [0, 0.1) is 0 Å². The molecule has 0 aromatic heterocycles. The van der Waals surface area contributed by atoms with Crippen molar-refractivity contribution in [3.8, 4) is 0 Å². The summed E-state index contributed by atoms with van der Waals surface area (Å²) in [4.78, 5) is 13.9. The smallest absolute Gasteiger partial charge is 0.253 e. The summed E-state index contributed by atoms with van der Waals surface area (Å²) >= 11 is 3.37. The first-order valence-corrected chi connectivity index (χ1v) is 6.71. The van der Waals surface area contributed by atoms with Gasteiger partial charge in [-0.15, -0.1) is 0 Å². The van der Waals surface area contributed by atoms with Gasteiger partial charge in [-0.05, 0) is 35.9 Å². The average molecular weight is 319 g/mol. The van der Waals surface area contributed by atoms with Crippen molar-refractivity contribution in [3.63, 3.8) is 0 Å². The van der Waals surface area contributed by atoms with Gasteiger partial charge in [-0.3, -0.25) is 4.79 Å². The van der Waals surface area contributed by atoms with Gasteiger partial charge in [-0.2, -0.15) is 0 Å². The lowest BCUT2D eigenvalue weighted by Gasteiger charge is -2.17. The zero-order valence-electron chi connectivity index (χ0n) is 10.6. The molecule has 0 heterocycles. The molecule has 0 saturated carbocycles. The lowest BCUT2D eigenvalue weighted by molar-refractivity contribution is 0.0785. The van der Waals surface area contributed by atoms with E-state index in [9.17, 15) is 4.79 Å². The second-order valence-electron chi connectivity index (χ2n) is 4.41. The number of carbonyl (C=O) groups is 1. The first kappa shape index (κ1) is 13.6. The van der Waals surface area contributed by atoms with Crippen LogP contribution in [0.15, 0.2) is 53.0 Å². The van der Waals surface area contributed by atoms with Crippen molar-refractivity contribution in [2.45, 2.75) is 6.54 Å². The highest BCUT2D eigenvalue weighted by Crippen LogP contribution is 2.14. The molecule has 0 bridgehead atoms. The predicted molar refractivity (Wildman–Crippen MR) is 80.8 cm³/mol. The van der Waals surface area contributed by atoms with E-state index in [1.807, 2.05) is 48.5 Å². The molecule has 98 valence electrons. The Labute approximate surface area is 121 Å². The fraction of sp³-hybridized carbons (Fsp3) is 0.133. The standard InChI is InChI=1S/C15H15BrN2O/c1-18(10-11-5-7-14(17)8-6-11)15(19)12-3-2-4-13(16)9-12/h2-9H,10,17H2,1H3. The number of nitrogens with zero attached hydrogens (tertiary/aromatic N) is 1. The molecule has 0 atom stereocenters. The Morgan fingerprint density at radius 2 is 1.89 bits per heavy atom. The van der Waals surface area contributed by atoms with Gasteiger partial charge in [0.15, 0.2) is 0 Å². The van der Waals surface area contributed by atoms with E-state index in [1.54, 1.807) is 11.9 Å². The topological polar surface area (TPSA) is 46.3 Å². The Balaban J connectivity index is 2.09. The fourth-order valence-electron chi connectivity index (χ4n) is 1.81. The maximum absolute atomic E-state index is 12.2. The monoisotopic (exact) mass is 318 g/mol. The molecule has 0 radical (unpaired) electrons. The zero-order chi connectivity index (χ0) is 13.8. The van der Waals surface area contributed by atoms with Crippen molar-refractivity contribution in [1.29, 1.82) is 0 Å². The molecule has 0 saturated heterocycles. The Hall–Kier alpha value is -1.81. The van der Waals surface area contributed by atoms with E-state index in [0.29, 0.717) is 12.1 Å². The van der Waals surface area contributed by atoms with Crippen LogP contribution in [0.2, 0.25) is 0 Å². The van der Waals surface area contributed by atoms with E-state index in [-0.39, 0.29) is 5.91 Å². The van der Waals surface area contributed by atoms with Gasteiger partial charge in [0.1, 0.15) is 0 Å². The third kappa shape index (κ3) is 3.58. The molecular weight excluding hydrogens is 304 g/mol. The Bertz CT molecular complexity index is 581. The Morgan fingerprint density at radius 1 is 1.21 bits per heavy atom. The summed E-state index contributed by atoms with van der Waals surface area (Å²) in [7, 11) is 1.79. The van der Waals surface area contributed by atoms with Crippen LogP contribution in [0.5, 0.6) is 0 Å². The van der Waals surface area contributed by atoms with Gasteiger partial charge in [-0.1, -0.05) is 34.1 Å². The predicted octanol–water partition coefficient (Wildman–Crippen LogP) is 3.30. The third-order valence-electron chi connectivity index (χ3n) is 2.82. The van der Waals surface area contributed by atoms with Crippen molar-refractivity contribution in [2.75, 3.05) is 12.8 Å². The van der Waals surface area contributed by atoms with E-state index >= 15 is 0 Å². The van der Waals surface area contributed by atoms with Gasteiger partial charge in [0.2, 0.25) is 0 Å². The highest BCUT2D eigenvalue weighted by molar-refractivity contribution is 9.10. The number of halogens is 1. The summed E-state index contributed by atoms with van der Waals surface area (Å²) in [5.74, 6) is -0.00174. The summed E-state index contributed by atoms with van der Waals surface area (Å²) in [5.41, 5.74) is 8.09. The number of hydrogen-bond acceptors (Lipinski definition) is 2. The van der Waals surface area contributed by atoms with Crippen molar-refractivity contribution < 1.29 is 4.79 Å². The van der Waals surface area contributed by atoms with Crippen molar-refractivity contribution in [2.24, 2.45) is 0 Å². The Kier molecular flexibility index (Phi) is 4.22. The summed E-state index contributed by atoms with van der Waals surface area (Å²) in [6.45, 7) is 0.561. The highest BCUT2D eigenvalue weighted by Gasteiger charge is 2.12. The SMILES string of the molecule is CN(Cc1ccc(N)cc1)C(=O)c1cccc(Br)c1. The second kappa shape index (κ2) is 5.89. The second-order valence-corrected chi connectivity index (χ2v) is 5.33. The van der Waals surface area contributed by atoms with Crippen LogP contribution in [0.25, 0.3) is 0 Å². The molecule has 3 nitrogen and oxygen atoms in total. The molecule has 0 aliphatic carbocycles. The van der Waals surface area contributed by atoms with E-state index in [1.165, 1.54) is 0 Å². The number of hydrogen-bond donors (Lipinski definition) is 1. The molecule has 2 aromatic carbocycles. The van der Waals surface area contributed by atoms with Crippen LogP contribution in [-0.2, 0) is 6.54 Å². The third-order valence-corrected chi connectivity index (χ3v) is 3.31. The van der Waals surface area contributed by atoms with Crippen LogP contribution in [0.1, 0.15) is 15.9 Å². The van der Waals surface area contributed by atoms with Gasteiger partial charge in [0.25, 0.3) is 5.91 Å². The minimum Gasteiger partial charge on any atom is -0.399 e. The maximum Gasteiger partial charge on any atom is 0.253 e. The number of nitrogen functional groups attached to an aromatic ring is 1. The quantitative estimate of drug-likeness (QED) is 0.882. The molecule has 0 spiro atoms. The molecule has 0 aliphatic rings. The van der Waals surface area contributed by atoms with Crippen LogP contribution < -0.4 is 5.73 Å². The molecule has 1 amide bonds. The number of carbonyl (C=O) groups excluding carboxylic acids is 1. The van der Waals surface area contributed by atoms with Gasteiger partial charge in [0.05, 0.1) is 0 Å². The minimum atomic E-state index is -0.00174. The number of nitrogens with two attached hydrogens (primary N) is 1. The number of rotatable bonds is 3. The molecule has 0 aliphatic heterocycles. The first-order chi connectivity index (χ1) is 9.06. The number of amides is 1. The van der Waals surface area contributed by atoms with E-state index in [2.05, 4.69) is 15.9 Å². The summed E-state index contributed by atoms with van der Waals surface area (Å²) in [6.07, 6.45) is 0. The first-order valence-electron chi connectivity index (χ1n) is 5.92. The van der Waals surface area contributed by atoms with E-state index in [4.69, 9.17) is 5.73 Å². The molecule has 0 unspecified atom stereocenters. The zero-order valence-corrected chi connectivity index (χ0v) is 12.2. The van der Waals surface area contributed by atoms with Crippen LogP contribution in [-0.4, -0.2) is 17.9 Å². The number of anilines is 1. The van der Waals surface area contributed by atoms with Crippen LogP contribution in [0.4, 0.5) is 5.69 Å². The molecule has 2 N–H and O–H groups in total. The van der Waals surface area contributed by atoms with E-state index in [0.717, 1.165) is 15.7 Å². The molecule has 2 aromatic rings. The molecule has 19 heavy (non-hydrogen) atoms. The van der Waals surface area contributed by atoms with Crippen LogP contribution >= 0.6 is 15.9 Å².